The fourth-order valence-corrected chi connectivity index (χ4v) is 1.25. The summed E-state index contributed by atoms with van der Waals surface area (Å²) >= 11 is 0. The van der Waals surface area contributed by atoms with Crippen LogP contribution < -0.4 is 0 Å². The first-order valence-electron chi connectivity index (χ1n) is 6.61. The summed E-state index contributed by atoms with van der Waals surface area (Å²) in [4.78, 5) is 0. The van der Waals surface area contributed by atoms with Crippen LogP contribution in [0.1, 0.15) is 58.3 Å². The van der Waals surface area contributed by atoms with Crippen LogP contribution in [0.4, 0.5) is 0 Å². The number of unbranched alkanes of at least 4 members (excludes halogenated alkanes) is 7. The van der Waals surface area contributed by atoms with E-state index in [4.69, 9.17) is 35.7 Å². The maximum atomic E-state index is 8.51. The van der Waals surface area contributed by atoms with Crippen molar-refractivity contribution in [3.05, 3.63) is 0 Å². The third-order valence-electron chi connectivity index (χ3n) is 2.46. The van der Waals surface area contributed by atoms with Gasteiger partial charge in [0.2, 0.25) is 0 Å². The average molecular weight is 284 g/mol. The van der Waals surface area contributed by atoms with E-state index < -0.39 is 11.9 Å². The molecule has 7 N–H and O–H groups in total. The lowest BCUT2D eigenvalue weighted by atomic mass is 10.1. The van der Waals surface area contributed by atoms with Crippen LogP contribution in [0.5, 0.6) is 0 Å². The lowest BCUT2D eigenvalue weighted by Gasteiger charge is -2.23. The molecule has 0 spiro atoms. The van der Waals surface area contributed by atoms with Crippen molar-refractivity contribution in [1.29, 1.82) is 0 Å². The van der Waals surface area contributed by atoms with E-state index in [2.05, 4.69) is 6.92 Å². The van der Waals surface area contributed by atoms with E-state index in [0.717, 1.165) is 6.42 Å². The molecule has 7 nitrogen and oxygen atoms in total. The normalized spacial score (nSPS) is 12.0. The Morgan fingerprint density at radius 3 is 1.16 bits per heavy atom. The molecule has 0 aliphatic carbocycles. The summed E-state index contributed by atoms with van der Waals surface area (Å²) in [6.45, 7) is 2.61. The molecule has 0 heterocycles. The van der Waals surface area contributed by atoms with Crippen molar-refractivity contribution in [3.8, 4) is 0 Å². The highest BCUT2D eigenvalue weighted by Gasteiger charge is 2.44. The maximum absolute atomic E-state index is 8.51. The lowest BCUT2D eigenvalue weighted by Crippen LogP contribution is -2.54. The summed E-state index contributed by atoms with van der Waals surface area (Å²) in [6.07, 6.45) is 10.4. The highest BCUT2D eigenvalue weighted by atomic mass is 16.8. The van der Waals surface area contributed by atoms with Gasteiger partial charge in [0.25, 0.3) is 0 Å². The molecule has 0 saturated carbocycles. The standard InChI is InChI=1S/C10H22O.C2H6O6/c1-2-3-4-5-6-7-8-9-10-11;3-1(4,5)2(6,7)8/h11H,2-10H2,1H3;3-8H. The lowest BCUT2D eigenvalue weighted by molar-refractivity contribution is -0.512. The first-order chi connectivity index (χ1) is 8.66. The highest BCUT2D eigenvalue weighted by Crippen LogP contribution is 2.08. The van der Waals surface area contributed by atoms with Crippen LogP contribution in [0.3, 0.4) is 0 Å². The number of hydrogen-bond donors (Lipinski definition) is 7. The van der Waals surface area contributed by atoms with Gasteiger partial charge in [0, 0.05) is 6.61 Å². The number of aliphatic hydroxyl groups is 7. The van der Waals surface area contributed by atoms with Crippen molar-refractivity contribution < 1.29 is 35.7 Å². The van der Waals surface area contributed by atoms with Crippen molar-refractivity contribution in [3.63, 3.8) is 0 Å². The van der Waals surface area contributed by atoms with Crippen LogP contribution in [-0.2, 0) is 0 Å². The van der Waals surface area contributed by atoms with Crippen LogP contribution >= 0.6 is 0 Å². The summed E-state index contributed by atoms with van der Waals surface area (Å²) in [5.74, 6) is -7.79. The van der Waals surface area contributed by atoms with E-state index >= 15 is 0 Å². The zero-order valence-electron chi connectivity index (χ0n) is 11.5. The molecule has 0 fully saturated rings. The Morgan fingerprint density at radius 1 is 0.579 bits per heavy atom. The van der Waals surface area contributed by atoms with Crippen LogP contribution in [0.2, 0.25) is 0 Å². The first-order valence-corrected chi connectivity index (χ1v) is 6.61. The van der Waals surface area contributed by atoms with Crippen LogP contribution in [-0.4, -0.2) is 54.3 Å². The monoisotopic (exact) mass is 284 g/mol. The second kappa shape index (κ2) is 11.5. The first kappa shape index (κ1) is 21.0. The Labute approximate surface area is 113 Å². The molecular weight excluding hydrogens is 256 g/mol. The molecule has 0 atom stereocenters. The minimum atomic E-state index is -3.90. The van der Waals surface area contributed by atoms with E-state index in [9.17, 15) is 0 Å². The second-order valence-electron chi connectivity index (χ2n) is 4.47. The number of rotatable bonds is 9. The van der Waals surface area contributed by atoms with Crippen molar-refractivity contribution >= 4 is 0 Å². The smallest absolute Gasteiger partial charge is 0.362 e. The predicted octanol–water partition coefficient (Wildman–Crippen LogP) is -0.633. The molecule has 0 bridgehead atoms. The van der Waals surface area contributed by atoms with Crippen molar-refractivity contribution in [1.82, 2.24) is 0 Å². The van der Waals surface area contributed by atoms with Crippen molar-refractivity contribution in [2.45, 2.75) is 70.2 Å². The maximum Gasteiger partial charge on any atom is 0.362 e. The molecule has 0 amide bonds. The molecule has 7 heteroatoms. The van der Waals surface area contributed by atoms with E-state index in [1.54, 1.807) is 0 Å². The third-order valence-corrected chi connectivity index (χ3v) is 2.46. The van der Waals surface area contributed by atoms with Gasteiger partial charge in [-0.05, 0) is 6.42 Å². The molecule has 0 unspecified atom stereocenters. The molecule has 0 aromatic carbocycles. The zero-order valence-corrected chi connectivity index (χ0v) is 11.5. The number of aliphatic hydroxyl groups excluding tert-OH is 1. The third kappa shape index (κ3) is 15.7. The topological polar surface area (TPSA) is 142 Å². The average Bonchev–Trinajstić information content (AvgIpc) is 2.26. The van der Waals surface area contributed by atoms with E-state index in [0.29, 0.717) is 6.61 Å². The Kier molecular flexibility index (Phi) is 12.8. The van der Waals surface area contributed by atoms with Crippen molar-refractivity contribution in [2.75, 3.05) is 6.61 Å². The summed E-state index contributed by atoms with van der Waals surface area (Å²) in [6, 6.07) is 0. The molecule has 0 rings (SSSR count). The Morgan fingerprint density at radius 2 is 0.895 bits per heavy atom. The van der Waals surface area contributed by atoms with Crippen LogP contribution in [0.25, 0.3) is 0 Å². The van der Waals surface area contributed by atoms with Gasteiger partial charge in [0.1, 0.15) is 0 Å². The molecule has 0 aliphatic rings. The van der Waals surface area contributed by atoms with Gasteiger partial charge >= 0.3 is 11.9 Å². The number of hydrogen-bond acceptors (Lipinski definition) is 7. The van der Waals surface area contributed by atoms with E-state index in [1.165, 1.54) is 44.9 Å². The van der Waals surface area contributed by atoms with Gasteiger partial charge in [0.05, 0.1) is 0 Å². The quantitative estimate of drug-likeness (QED) is 0.221. The van der Waals surface area contributed by atoms with Gasteiger partial charge in [-0.15, -0.1) is 0 Å². The zero-order chi connectivity index (χ0) is 15.4. The van der Waals surface area contributed by atoms with Gasteiger partial charge in [-0.3, -0.25) is 0 Å². The Balaban J connectivity index is 0. The second-order valence-corrected chi connectivity index (χ2v) is 4.47. The molecule has 0 aliphatic heterocycles. The fraction of sp³-hybridized carbons (Fsp3) is 1.00. The SMILES string of the molecule is CCCCCCCCCCO.OC(O)(O)C(O)(O)O. The summed E-state index contributed by atoms with van der Waals surface area (Å²) < 4.78 is 0. The van der Waals surface area contributed by atoms with E-state index in [-0.39, 0.29) is 0 Å². The minimum absolute atomic E-state index is 0.370. The summed E-state index contributed by atoms with van der Waals surface area (Å²) in [7, 11) is 0. The van der Waals surface area contributed by atoms with E-state index in [1.807, 2.05) is 0 Å². The van der Waals surface area contributed by atoms with Crippen LogP contribution in [0.15, 0.2) is 0 Å². The van der Waals surface area contributed by atoms with Gasteiger partial charge in [-0.2, -0.15) is 0 Å². The highest BCUT2D eigenvalue weighted by molar-refractivity contribution is 4.54. The Hall–Kier alpha value is -0.280. The van der Waals surface area contributed by atoms with Gasteiger partial charge in [-0.1, -0.05) is 51.9 Å². The molecular formula is C12H28O7. The molecule has 0 aromatic heterocycles. The Bertz CT molecular complexity index is 163. The largest absolute Gasteiger partial charge is 0.396 e. The molecule has 0 aromatic rings. The summed E-state index contributed by atoms with van der Waals surface area (Å²) in [5, 5.41) is 54.8. The minimum Gasteiger partial charge on any atom is -0.396 e. The molecule has 0 saturated heterocycles. The molecule has 19 heavy (non-hydrogen) atoms. The van der Waals surface area contributed by atoms with Crippen LogP contribution in [0, 0.1) is 0 Å². The summed E-state index contributed by atoms with van der Waals surface area (Å²) in [5.41, 5.74) is 0. The van der Waals surface area contributed by atoms with Crippen molar-refractivity contribution in [2.24, 2.45) is 0 Å². The predicted molar refractivity (Wildman–Crippen MR) is 68.5 cm³/mol. The van der Waals surface area contributed by atoms with Gasteiger partial charge in [0.15, 0.2) is 0 Å². The fourth-order valence-electron chi connectivity index (χ4n) is 1.25. The molecule has 0 radical (unpaired) electrons. The molecule has 118 valence electrons. The van der Waals surface area contributed by atoms with Gasteiger partial charge < -0.3 is 35.7 Å². The van der Waals surface area contributed by atoms with Gasteiger partial charge in [-0.25, -0.2) is 0 Å².